The molecule has 1 aliphatic heterocycles. The Kier molecular flexibility index (Phi) is 6.00. The van der Waals surface area contributed by atoms with Crippen LogP contribution in [0.2, 0.25) is 0 Å². The van der Waals surface area contributed by atoms with Crippen LogP contribution in [0.3, 0.4) is 0 Å². The van der Waals surface area contributed by atoms with Gasteiger partial charge < -0.3 is 10.2 Å². The number of hydrogen-bond acceptors (Lipinski definition) is 4. The number of alkyl halides is 3. The number of pyridine rings is 1. The number of fused-ring (bicyclic) bond motifs is 1. The van der Waals surface area contributed by atoms with E-state index in [2.05, 4.69) is 10.3 Å². The molecule has 2 heterocycles. The number of amides is 2. The highest BCUT2D eigenvalue weighted by molar-refractivity contribution is 6.52. The zero-order valence-corrected chi connectivity index (χ0v) is 17.1. The third kappa shape index (κ3) is 4.17. The van der Waals surface area contributed by atoms with E-state index in [9.17, 15) is 23.2 Å². The number of aromatic nitrogens is 1. The van der Waals surface area contributed by atoms with Gasteiger partial charge in [0.15, 0.2) is 0 Å². The van der Waals surface area contributed by atoms with Crippen molar-refractivity contribution in [3.8, 4) is 0 Å². The molecular formula is C22H20ClF2N3O3. The summed E-state index contributed by atoms with van der Waals surface area (Å²) in [6.45, 7) is 0.0717. The molecule has 9 heteroatoms. The number of carbonyl (C=O) groups excluding carboxylic acids is 3. The summed E-state index contributed by atoms with van der Waals surface area (Å²) >= 11 is 6.54. The van der Waals surface area contributed by atoms with Crippen molar-refractivity contribution in [2.45, 2.75) is 30.7 Å². The molecule has 162 valence electrons. The van der Waals surface area contributed by atoms with E-state index in [0.29, 0.717) is 11.3 Å². The van der Waals surface area contributed by atoms with Crippen molar-refractivity contribution in [3.63, 3.8) is 0 Å². The number of carbonyl (C=O) groups is 3. The Morgan fingerprint density at radius 3 is 2.68 bits per heavy atom. The number of anilines is 1. The molecule has 1 saturated carbocycles. The zero-order valence-electron chi connectivity index (χ0n) is 16.4. The highest BCUT2D eigenvalue weighted by atomic mass is 35.5. The molecule has 4 atom stereocenters. The van der Waals surface area contributed by atoms with Crippen molar-refractivity contribution >= 4 is 34.9 Å². The van der Waals surface area contributed by atoms with Crippen LogP contribution in [0.15, 0.2) is 48.8 Å². The molecular weight excluding hydrogens is 428 g/mol. The molecule has 4 rings (SSSR count). The second kappa shape index (κ2) is 8.70. The fourth-order valence-electron chi connectivity index (χ4n) is 4.32. The number of Topliss-reactive ketones (excluding diaryl/α,β-unsaturated/α-hetero) is 1. The lowest BCUT2D eigenvalue weighted by Gasteiger charge is -2.40. The Morgan fingerprint density at radius 2 is 1.97 bits per heavy atom. The van der Waals surface area contributed by atoms with Crippen molar-refractivity contribution in [2.75, 3.05) is 11.4 Å². The quantitative estimate of drug-likeness (QED) is 0.563. The van der Waals surface area contributed by atoms with Crippen LogP contribution in [0.4, 0.5) is 14.5 Å². The second-order valence-corrected chi connectivity index (χ2v) is 8.39. The lowest BCUT2D eigenvalue weighted by Crippen LogP contribution is -2.51. The summed E-state index contributed by atoms with van der Waals surface area (Å²) in [5.41, 5.74) is 1.06. The van der Waals surface area contributed by atoms with Crippen molar-refractivity contribution in [2.24, 2.45) is 11.8 Å². The Hall–Kier alpha value is -2.87. The van der Waals surface area contributed by atoms with E-state index >= 15 is 0 Å². The Balaban J connectivity index is 1.49. The third-order valence-electron chi connectivity index (χ3n) is 5.94. The minimum absolute atomic E-state index is 0.0178. The molecule has 0 bridgehead atoms. The van der Waals surface area contributed by atoms with Crippen LogP contribution in [0.5, 0.6) is 0 Å². The monoisotopic (exact) mass is 447 g/mol. The van der Waals surface area contributed by atoms with Crippen LogP contribution in [-0.4, -0.2) is 47.0 Å². The van der Waals surface area contributed by atoms with Gasteiger partial charge in [-0.25, -0.2) is 8.78 Å². The van der Waals surface area contributed by atoms with E-state index in [-0.39, 0.29) is 24.9 Å². The molecule has 0 unspecified atom stereocenters. The van der Waals surface area contributed by atoms with Gasteiger partial charge in [-0.15, -0.1) is 11.6 Å². The van der Waals surface area contributed by atoms with E-state index in [1.165, 1.54) is 17.3 Å². The third-order valence-corrected chi connectivity index (χ3v) is 6.48. The first kappa shape index (κ1) is 21.4. The highest BCUT2D eigenvalue weighted by Gasteiger charge is 2.44. The summed E-state index contributed by atoms with van der Waals surface area (Å²) in [6.07, 6.45) is 0.356. The number of halogens is 3. The first-order chi connectivity index (χ1) is 14.9. The largest absolute Gasteiger partial charge is 0.349 e. The van der Waals surface area contributed by atoms with Crippen LogP contribution in [0.1, 0.15) is 33.6 Å². The van der Waals surface area contributed by atoms with Crippen molar-refractivity contribution < 1.29 is 23.2 Å². The van der Waals surface area contributed by atoms with Gasteiger partial charge >= 0.3 is 0 Å². The number of nitrogens with zero attached hydrogens (tertiary/aromatic N) is 2. The Labute approximate surface area is 182 Å². The van der Waals surface area contributed by atoms with E-state index in [1.54, 1.807) is 36.4 Å². The SMILES string of the molecule is O=C(N[C@@H]1C[C@@H](Cl)[C@@H](CN2C(=O)C(=O)c3ccccc32)C[C@H]1C(F)F)c1cccnc1. The minimum Gasteiger partial charge on any atom is -0.349 e. The van der Waals surface area contributed by atoms with Gasteiger partial charge in [-0.3, -0.25) is 19.4 Å². The number of para-hydroxylation sites is 1. The molecule has 1 aliphatic carbocycles. The van der Waals surface area contributed by atoms with Gasteiger partial charge in [0.25, 0.3) is 17.6 Å². The van der Waals surface area contributed by atoms with Gasteiger partial charge in [0.2, 0.25) is 6.43 Å². The van der Waals surface area contributed by atoms with Crippen LogP contribution < -0.4 is 10.2 Å². The summed E-state index contributed by atoms with van der Waals surface area (Å²) in [6, 6.07) is 8.94. The van der Waals surface area contributed by atoms with E-state index in [0.717, 1.165) is 0 Å². The molecule has 2 aromatic rings. The maximum absolute atomic E-state index is 13.9. The summed E-state index contributed by atoms with van der Waals surface area (Å²) in [5.74, 6) is -3.34. The molecule has 2 amide bonds. The fourth-order valence-corrected chi connectivity index (χ4v) is 4.69. The maximum atomic E-state index is 13.9. The summed E-state index contributed by atoms with van der Waals surface area (Å²) in [5, 5.41) is 2.11. The molecule has 2 aliphatic rings. The minimum atomic E-state index is -2.67. The standard InChI is InChI=1S/C22H20ClF2N3O3/c23-16-9-17(27-21(30)12-4-3-7-26-10-12)15(20(24)25)8-13(16)11-28-18-6-2-1-5-14(18)19(29)22(28)31/h1-7,10,13,15-17,20H,8-9,11H2,(H,27,30)/t13-,15-,16-,17-/m1/s1. The predicted molar refractivity (Wildman–Crippen MR) is 110 cm³/mol. The van der Waals surface area contributed by atoms with Crippen LogP contribution in [0, 0.1) is 11.8 Å². The predicted octanol–water partition coefficient (Wildman–Crippen LogP) is 3.31. The lowest BCUT2D eigenvalue weighted by atomic mass is 9.77. The average molecular weight is 448 g/mol. The maximum Gasteiger partial charge on any atom is 0.299 e. The van der Waals surface area contributed by atoms with Gasteiger partial charge in [0.1, 0.15) is 0 Å². The normalized spacial score (nSPS) is 25.6. The van der Waals surface area contributed by atoms with E-state index in [4.69, 9.17) is 11.6 Å². The summed E-state index contributed by atoms with van der Waals surface area (Å²) in [7, 11) is 0. The Morgan fingerprint density at radius 1 is 1.19 bits per heavy atom. The van der Waals surface area contributed by atoms with Crippen molar-refractivity contribution in [1.82, 2.24) is 10.3 Å². The molecule has 0 saturated heterocycles. The fraction of sp³-hybridized carbons (Fsp3) is 0.364. The molecule has 6 nitrogen and oxygen atoms in total. The topological polar surface area (TPSA) is 79.4 Å². The number of rotatable bonds is 5. The molecule has 1 fully saturated rings. The van der Waals surface area contributed by atoms with Gasteiger partial charge in [0.05, 0.1) is 16.8 Å². The summed E-state index contributed by atoms with van der Waals surface area (Å²) in [4.78, 5) is 42.3. The van der Waals surface area contributed by atoms with Crippen molar-refractivity contribution in [3.05, 3.63) is 59.9 Å². The van der Waals surface area contributed by atoms with Crippen LogP contribution >= 0.6 is 11.6 Å². The molecule has 31 heavy (non-hydrogen) atoms. The Bertz CT molecular complexity index is 1000. The van der Waals surface area contributed by atoms with Crippen LogP contribution in [-0.2, 0) is 4.79 Å². The average Bonchev–Trinajstić information content (AvgIpc) is 3.00. The van der Waals surface area contributed by atoms with E-state index in [1.807, 2.05) is 0 Å². The van der Waals surface area contributed by atoms with Gasteiger partial charge in [0, 0.05) is 36.3 Å². The first-order valence-corrected chi connectivity index (χ1v) is 10.4. The number of nitrogens with one attached hydrogen (secondary N) is 1. The highest BCUT2D eigenvalue weighted by Crippen LogP contribution is 2.39. The molecule has 0 radical (unpaired) electrons. The number of ketones is 1. The molecule has 1 aromatic carbocycles. The molecule has 0 spiro atoms. The van der Waals surface area contributed by atoms with Crippen molar-refractivity contribution in [1.29, 1.82) is 0 Å². The van der Waals surface area contributed by atoms with Gasteiger partial charge in [-0.2, -0.15) is 0 Å². The van der Waals surface area contributed by atoms with Gasteiger partial charge in [-0.05, 0) is 43.0 Å². The lowest BCUT2D eigenvalue weighted by molar-refractivity contribution is -0.114. The molecule has 1 N–H and O–H groups in total. The number of benzene rings is 1. The second-order valence-electron chi connectivity index (χ2n) is 7.83. The first-order valence-electron chi connectivity index (χ1n) is 9.95. The smallest absolute Gasteiger partial charge is 0.299 e. The number of hydrogen-bond donors (Lipinski definition) is 1. The summed E-state index contributed by atoms with van der Waals surface area (Å²) < 4.78 is 27.7. The van der Waals surface area contributed by atoms with Crippen LogP contribution in [0.25, 0.3) is 0 Å². The van der Waals surface area contributed by atoms with E-state index < -0.39 is 47.3 Å². The molecule has 1 aromatic heterocycles. The zero-order chi connectivity index (χ0) is 22.1. The van der Waals surface area contributed by atoms with Gasteiger partial charge in [-0.1, -0.05) is 12.1 Å².